The Hall–Kier alpha value is -4.01. The zero-order valence-electron chi connectivity index (χ0n) is 22.1. The molecule has 1 saturated carbocycles. The zero-order chi connectivity index (χ0) is 26.9. The summed E-state index contributed by atoms with van der Waals surface area (Å²) in [6.45, 7) is 1.92. The molecule has 0 bridgehead atoms. The highest BCUT2D eigenvalue weighted by atomic mass is 16.5. The average Bonchev–Trinajstić information content (AvgIpc) is 2.95. The van der Waals surface area contributed by atoms with Crippen molar-refractivity contribution in [3.8, 4) is 11.5 Å². The summed E-state index contributed by atoms with van der Waals surface area (Å²) in [6, 6.07) is 15.9. The molecule has 1 heterocycles. The van der Waals surface area contributed by atoms with Gasteiger partial charge in [-0.25, -0.2) is 9.97 Å². The van der Waals surface area contributed by atoms with Gasteiger partial charge in [-0.15, -0.1) is 0 Å². The van der Waals surface area contributed by atoms with Gasteiger partial charge in [0.2, 0.25) is 0 Å². The molecule has 4 rings (SSSR count). The molecule has 0 atom stereocenters. The Kier molecular flexibility index (Phi) is 9.24. The van der Waals surface area contributed by atoms with E-state index in [1.807, 2.05) is 48.5 Å². The second kappa shape index (κ2) is 13.0. The molecule has 9 nitrogen and oxygen atoms in total. The molecule has 4 N–H and O–H groups in total. The second-order valence-electron chi connectivity index (χ2n) is 9.78. The topological polar surface area (TPSA) is 123 Å². The fourth-order valence-electron chi connectivity index (χ4n) is 4.98. The highest BCUT2D eigenvalue weighted by Gasteiger charge is 2.25. The molecule has 2 aromatic carbocycles. The van der Waals surface area contributed by atoms with Gasteiger partial charge in [0.05, 0.1) is 20.1 Å². The second-order valence-corrected chi connectivity index (χ2v) is 9.78. The van der Waals surface area contributed by atoms with Crippen LogP contribution in [0.2, 0.25) is 0 Å². The molecule has 0 spiro atoms. The van der Waals surface area contributed by atoms with Gasteiger partial charge in [0.25, 0.3) is 0 Å². The van der Waals surface area contributed by atoms with Crippen molar-refractivity contribution in [1.82, 2.24) is 9.97 Å². The maximum Gasteiger partial charge on any atom is 0.306 e. The van der Waals surface area contributed by atoms with Crippen LogP contribution in [0.3, 0.4) is 0 Å². The molecule has 202 valence electrons. The number of hydrogen-bond donors (Lipinski definition) is 3. The lowest BCUT2D eigenvalue weighted by molar-refractivity contribution is -0.143. The molecule has 0 radical (unpaired) electrons. The van der Waals surface area contributed by atoms with Gasteiger partial charge in [-0.3, -0.25) is 4.79 Å². The quantitative estimate of drug-likeness (QED) is 0.304. The fraction of sp³-hybridized carbons (Fsp3) is 0.414. The van der Waals surface area contributed by atoms with E-state index >= 15 is 0 Å². The first-order chi connectivity index (χ1) is 18.5. The first-order valence-electron chi connectivity index (χ1n) is 13.0. The van der Waals surface area contributed by atoms with Gasteiger partial charge < -0.3 is 30.5 Å². The van der Waals surface area contributed by atoms with Gasteiger partial charge in [-0.05, 0) is 73.4 Å². The minimum absolute atomic E-state index is 0.193. The van der Waals surface area contributed by atoms with Gasteiger partial charge in [-0.2, -0.15) is 0 Å². The predicted octanol–water partition coefficient (Wildman–Crippen LogP) is 4.98. The lowest BCUT2D eigenvalue weighted by atomic mass is 9.80. The number of rotatable bonds is 12. The van der Waals surface area contributed by atoms with Crippen LogP contribution in [0.25, 0.3) is 0 Å². The molecule has 9 heteroatoms. The fourth-order valence-corrected chi connectivity index (χ4v) is 4.98. The monoisotopic (exact) mass is 519 g/mol. The van der Waals surface area contributed by atoms with E-state index in [1.54, 1.807) is 20.5 Å². The van der Waals surface area contributed by atoms with Crippen LogP contribution in [0.4, 0.5) is 17.3 Å². The first kappa shape index (κ1) is 27.0. The molecule has 1 fully saturated rings. The van der Waals surface area contributed by atoms with Crippen molar-refractivity contribution in [3.63, 3.8) is 0 Å². The number of benzene rings is 2. The number of carbonyl (C=O) groups is 1. The maximum absolute atomic E-state index is 11.2. The van der Waals surface area contributed by atoms with Gasteiger partial charge >= 0.3 is 5.97 Å². The number of methoxy groups -OCH3 is 2. The largest absolute Gasteiger partial charge is 0.497 e. The molecule has 3 aromatic rings. The van der Waals surface area contributed by atoms with Crippen LogP contribution >= 0.6 is 0 Å². The van der Waals surface area contributed by atoms with E-state index in [1.165, 1.54) is 0 Å². The summed E-state index contributed by atoms with van der Waals surface area (Å²) in [5.41, 5.74) is 9.32. The van der Waals surface area contributed by atoms with Crippen LogP contribution in [0, 0.1) is 11.8 Å². The predicted molar refractivity (Wildman–Crippen MR) is 149 cm³/mol. The Morgan fingerprint density at radius 2 is 1.50 bits per heavy atom. The number of aliphatic carboxylic acids is 1. The lowest BCUT2D eigenvalue weighted by Crippen LogP contribution is -2.25. The van der Waals surface area contributed by atoms with Gasteiger partial charge in [0.1, 0.15) is 23.5 Å². The molecule has 1 aliphatic rings. The number of nitrogens with one attached hydrogen (secondary N) is 1. The zero-order valence-corrected chi connectivity index (χ0v) is 22.1. The number of anilines is 3. The number of nitrogens with two attached hydrogens (primary N) is 1. The molecule has 0 unspecified atom stereocenters. The van der Waals surface area contributed by atoms with Crippen LogP contribution in [0.5, 0.6) is 11.5 Å². The van der Waals surface area contributed by atoms with Crippen molar-refractivity contribution in [1.29, 1.82) is 0 Å². The Balaban J connectivity index is 1.47. The van der Waals surface area contributed by atoms with Crippen molar-refractivity contribution in [3.05, 3.63) is 66.0 Å². The summed E-state index contributed by atoms with van der Waals surface area (Å²) in [7, 11) is 3.31. The molecule has 1 aromatic heterocycles. The number of hydrogen-bond acceptors (Lipinski definition) is 8. The van der Waals surface area contributed by atoms with Gasteiger partial charge in [0.15, 0.2) is 11.6 Å². The van der Waals surface area contributed by atoms with E-state index in [9.17, 15) is 9.90 Å². The van der Waals surface area contributed by atoms with Crippen molar-refractivity contribution in [2.75, 3.05) is 36.7 Å². The van der Waals surface area contributed by atoms with Crippen LogP contribution in [-0.2, 0) is 17.9 Å². The summed E-state index contributed by atoms with van der Waals surface area (Å²) in [4.78, 5) is 22.3. The number of ether oxygens (including phenoxy) is 2. The molecular formula is C29H37N5O4. The Labute approximate surface area is 224 Å². The highest BCUT2D eigenvalue weighted by molar-refractivity contribution is 5.75. The Morgan fingerprint density at radius 1 is 0.947 bits per heavy atom. The summed E-state index contributed by atoms with van der Waals surface area (Å²) >= 11 is 0. The summed E-state index contributed by atoms with van der Waals surface area (Å²) in [6.07, 6.45) is 5.89. The number of carboxylic acid groups (broad SMARTS) is 1. The molecular weight excluding hydrogens is 482 g/mol. The number of aromatic nitrogens is 2. The Morgan fingerprint density at radius 3 is 2.00 bits per heavy atom. The minimum Gasteiger partial charge on any atom is -0.497 e. The van der Waals surface area contributed by atoms with Gasteiger partial charge in [0, 0.05) is 19.6 Å². The molecule has 0 amide bonds. The molecule has 38 heavy (non-hydrogen) atoms. The third kappa shape index (κ3) is 7.06. The maximum atomic E-state index is 11.2. The standard InChI is InChI=1S/C29H37N5O4/c1-37-24-11-5-21(6-12-24)17-34(18-22-7-13-25(38-2)14-8-22)28-26(30)27(32-19-33-28)31-16-15-20-3-9-23(10-4-20)29(35)36/h5-8,11-14,19-20,23H,3-4,9-10,15-18,30H2,1-2H3,(H,35,36)(H,31,32,33). The summed E-state index contributed by atoms with van der Waals surface area (Å²) in [5, 5.41) is 12.6. The van der Waals surface area contributed by atoms with E-state index in [0.29, 0.717) is 36.3 Å². The van der Waals surface area contributed by atoms with Gasteiger partial charge in [-0.1, -0.05) is 24.3 Å². The Bertz CT molecular complexity index is 1130. The summed E-state index contributed by atoms with van der Waals surface area (Å²) < 4.78 is 10.6. The van der Waals surface area contributed by atoms with Crippen LogP contribution < -0.4 is 25.4 Å². The minimum atomic E-state index is -0.670. The van der Waals surface area contributed by atoms with E-state index in [4.69, 9.17) is 15.2 Å². The molecule has 1 aliphatic carbocycles. The number of nitrogens with zero attached hydrogens (tertiary/aromatic N) is 3. The van der Waals surface area contributed by atoms with Crippen molar-refractivity contribution >= 4 is 23.3 Å². The molecule has 0 saturated heterocycles. The van der Waals surface area contributed by atoms with E-state index in [2.05, 4.69) is 20.2 Å². The first-order valence-corrected chi connectivity index (χ1v) is 13.0. The lowest BCUT2D eigenvalue weighted by Gasteiger charge is -2.27. The van der Waals surface area contributed by atoms with Crippen molar-refractivity contribution < 1.29 is 19.4 Å². The number of nitrogen functional groups attached to an aromatic ring is 1. The van der Waals surface area contributed by atoms with E-state index in [0.717, 1.165) is 61.3 Å². The molecule has 0 aliphatic heterocycles. The smallest absolute Gasteiger partial charge is 0.306 e. The van der Waals surface area contributed by atoms with E-state index in [-0.39, 0.29) is 5.92 Å². The van der Waals surface area contributed by atoms with E-state index < -0.39 is 5.97 Å². The van der Waals surface area contributed by atoms with Crippen LogP contribution in [0.1, 0.15) is 43.2 Å². The number of carboxylic acids is 1. The van der Waals surface area contributed by atoms with Crippen molar-refractivity contribution in [2.45, 2.75) is 45.2 Å². The third-order valence-electron chi connectivity index (χ3n) is 7.27. The van der Waals surface area contributed by atoms with Crippen LogP contribution in [-0.4, -0.2) is 41.8 Å². The van der Waals surface area contributed by atoms with Crippen molar-refractivity contribution in [2.24, 2.45) is 11.8 Å². The summed E-state index contributed by atoms with van der Waals surface area (Å²) in [5.74, 6) is 2.54. The third-order valence-corrected chi connectivity index (χ3v) is 7.27. The highest BCUT2D eigenvalue weighted by Crippen LogP contribution is 2.32. The van der Waals surface area contributed by atoms with Crippen LogP contribution in [0.15, 0.2) is 54.9 Å². The normalized spacial score (nSPS) is 17.0. The SMILES string of the molecule is COc1ccc(CN(Cc2ccc(OC)cc2)c2ncnc(NCCC3CCC(C(=O)O)CC3)c2N)cc1. The average molecular weight is 520 g/mol.